The number of aromatic carboxylic acids is 1. The summed E-state index contributed by atoms with van der Waals surface area (Å²) >= 11 is 1.47. The van der Waals surface area contributed by atoms with Crippen molar-refractivity contribution in [2.24, 2.45) is 0 Å². The van der Waals surface area contributed by atoms with E-state index in [1.54, 1.807) is 25.1 Å². The van der Waals surface area contributed by atoms with Gasteiger partial charge in [-0.25, -0.2) is 18.2 Å². The van der Waals surface area contributed by atoms with Crippen LogP contribution in [0.1, 0.15) is 20.9 Å². The van der Waals surface area contributed by atoms with Crippen molar-refractivity contribution in [1.82, 2.24) is 4.98 Å². The predicted molar refractivity (Wildman–Crippen MR) is 93.3 cm³/mol. The zero-order valence-corrected chi connectivity index (χ0v) is 14.5. The third-order valence-electron chi connectivity index (χ3n) is 3.47. The number of nitrogens with zero attached hydrogens (tertiary/aromatic N) is 1. The number of anilines is 1. The van der Waals surface area contributed by atoms with Crippen molar-refractivity contribution in [3.05, 3.63) is 52.5 Å². The summed E-state index contributed by atoms with van der Waals surface area (Å²) in [5.74, 6) is -1.17. The lowest BCUT2D eigenvalue weighted by molar-refractivity contribution is 0.0696. The first-order chi connectivity index (χ1) is 11.3. The van der Waals surface area contributed by atoms with Gasteiger partial charge in [-0.2, -0.15) is 0 Å². The quantitative estimate of drug-likeness (QED) is 0.741. The third kappa shape index (κ3) is 3.10. The maximum Gasteiger partial charge on any atom is 0.335 e. The standard InChI is InChI=1S/C16H14N2O4S2/c1-9-3-4-11(16(19)20)7-15(9)24(21,22)18-12-5-6-13-14(8-12)23-10(2)17-13/h3-8,18H,1-2H3,(H,19,20). The molecule has 0 amide bonds. The summed E-state index contributed by atoms with van der Waals surface area (Å²) in [7, 11) is -3.89. The molecule has 0 aliphatic rings. The highest BCUT2D eigenvalue weighted by molar-refractivity contribution is 7.92. The number of hydrogen-bond donors (Lipinski definition) is 2. The third-order valence-corrected chi connectivity index (χ3v) is 5.93. The molecule has 8 heteroatoms. The van der Waals surface area contributed by atoms with Gasteiger partial charge < -0.3 is 5.11 Å². The second kappa shape index (κ2) is 5.88. The fourth-order valence-corrected chi connectivity index (χ4v) is 4.52. The summed E-state index contributed by atoms with van der Waals surface area (Å²) in [6.45, 7) is 3.51. The molecule has 1 heterocycles. The van der Waals surface area contributed by atoms with Crippen molar-refractivity contribution in [3.63, 3.8) is 0 Å². The number of carbonyl (C=O) groups is 1. The number of rotatable bonds is 4. The zero-order chi connectivity index (χ0) is 17.5. The van der Waals surface area contributed by atoms with E-state index in [2.05, 4.69) is 9.71 Å². The highest BCUT2D eigenvalue weighted by atomic mass is 32.2. The molecule has 0 fully saturated rings. The van der Waals surface area contributed by atoms with E-state index in [1.807, 2.05) is 6.92 Å². The SMILES string of the molecule is Cc1nc2ccc(NS(=O)(=O)c3cc(C(=O)O)ccc3C)cc2s1. The molecule has 0 aliphatic heterocycles. The van der Waals surface area contributed by atoms with E-state index >= 15 is 0 Å². The molecular weight excluding hydrogens is 348 g/mol. The summed E-state index contributed by atoms with van der Waals surface area (Å²) < 4.78 is 28.6. The maximum absolute atomic E-state index is 12.6. The van der Waals surface area contributed by atoms with Crippen LogP contribution in [0, 0.1) is 13.8 Å². The number of sulfonamides is 1. The molecule has 0 aliphatic carbocycles. The van der Waals surface area contributed by atoms with Crippen molar-refractivity contribution in [2.75, 3.05) is 4.72 Å². The molecule has 124 valence electrons. The Kier molecular flexibility index (Phi) is 4.02. The minimum absolute atomic E-state index is 0.0528. The van der Waals surface area contributed by atoms with Gasteiger partial charge in [-0.1, -0.05) is 6.07 Å². The lowest BCUT2D eigenvalue weighted by Gasteiger charge is -2.11. The molecule has 0 saturated heterocycles. The molecule has 0 unspecified atom stereocenters. The molecular formula is C16H14N2O4S2. The summed E-state index contributed by atoms with van der Waals surface area (Å²) in [5, 5.41) is 9.95. The predicted octanol–water partition coefficient (Wildman–Crippen LogP) is 3.41. The van der Waals surface area contributed by atoms with Gasteiger partial charge in [0.1, 0.15) is 0 Å². The molecule has 0 radical (unpaired) electrons. The summed E-state index contributed by atoms with van der Waals surface area (Å²) in [6.07, 6.45) is 0. The smallest absolute Gasteiger partial charge is 0.335 e. The molecule has 0 spiro atoms. The molecule has 0 bridgehead atoms. The van der Waals surface area contributed by atoms with Gasteiger partial charge in [0, 0.05) is 0 Å². The molecule has 24 heavy (non-hydrogen) atoms. The molecule has 3 aromatic rings. The van der Waals surface area contributed by atoms with E-state index in [0.29, 0.717) is 11.3 Å². The maximum atomic E-state index is 12.6. The van der Waals surface area contributed by atoms with Crippen LogP contribution in [0.5, 0.6) is 0 Å². The summed E-state index contributed by atoms with van der Waals surface area (Å²) in [4.78, 5) is 15.4. The normalized spacial score (nSPS) is 11.6. The van der Waals surface area contributed by atoms with Crippen LogP contribution in [0.2, 0.25) is 0 Å². The zero-order valence-electron chi connectivity index (χ0n) is 12.9. The van der Waals surface area contributed by atoms with Gasteiger partial charge >= 0.3 is 5.97 Å². The number of aryl methyl sites for hydroxylation is 2. The van der Waals surface area contributed by atoms with Gasteiger partial charge in [0.25, 0.3) is 10.0 Å². The first-order valence-corrected chi connectivity index (χ1v) is 9.30. The number of carboxylic acids is 1. The van der Waals surface area contributed by atoms with E-state index in [0.717, 1.165) is 21.3 Å². The Morgan fingerprint density at radius 2 is 1.92 bits per heavy atom. The van der Waals surface area contributed by atoms with Crippen molar-refractivity contribution >= 4 is 43.2 Å². The van der Waals surface area contributed by atoms with E-state index < -0.39 is 16.0 Å². The highest BCUT2D eigenvalue weighted by Gasteiger charge is 2.19. The molecule has 3 rings (SSSR count). The van der Waals surface area contributed by atoms with Crippen LogP contribution in [0.4, 0.5) is 5.69 Å². The number of hydrogen-bond acceptors (Lipinski definition) is 5. The molecule has 6 nitrogen and oxygen atoms in total. The second-order valence-corrected chi connectivity index (χ2v) is 8.19. The molecule has 1 aromatic heterocycles. The van der Waals surface area contributed by atoms with Gasteiger partial charge in [0.2, 0.25) is 0 Å². The molecule has 0 saturated carbocycles. The summed E-state index contributed by atoms with van der Waals surface area (Å²) in [6, 6.07) is 9.12. The number of benzene rings is 2. The topological polar surface area (TPSA) is 96.4 Å². The first-order valence-electron chi connectivity index (χ1n) is 7.00. The average Bonchev–Trinajstić information content (AvgIpc) is 2.86. The lowest BCUT2D eigenvalue weighted by Crippen LogP contribution is -2.15. The first kappa shape index (κ1) is 16.4. The van der Waals surface area contributed by atoms with Crippen LogP contribution in [-0.2, 0) is 10.0 Å². The van der Waals surface area contributed by atoms with E-state index in [4.69, 9.17) is 5.11 Å². The van der Waals surface area contributed by atoms with Gasteiger partial charge in [-0.3, -0.25) is 4.72 Å². The van der Waals surface area contributed by atoms with Crippen LogP contribution >= 0.6 is 11.3 Å². The lowest BCUT2D eigenvalue weighted by atomic mass is 10.1. The molecule has 2 N–H and O–H groups in total. The Balaban J connectivity index is 2.00. The van der Waals surface area contributed by atoms with Crippen molar-refractivity contribution in [2.45, 2.75) is 18.7 Å². The number of thiazole rings is 1. The largest absolute Gasteiger partial charge is 0.478 e. The molecule has 2 aromatic carbocycles. The van der Waals surface area contributed by atoms with Gasteiger partial charge in [-0.15, -0.1) is 11.3 Å². The van der Waals surface area contributed by atoms with Gasteiger partial charge in [-0.05, 0) is 49.7 Å². The molecule has 0 atom stereocenters. The van der Waals surface area contributed by atoms with E-state index in [9.17, 15) is 13.2 Å². The fourth-order valence-electron chi connectivity index (χ4n) is 2.34. The van der Waals surface area contributed by atoms with Gasteiger partial charge in [0.05, 0.1) is 31.4 Å². The number of aromatic nitrogens is 1. The number of carboxylic acid groups (broad SMARTS) is 1. The van der Waals surface area contributed by atoms with Crippen molar-refractivity contribution in [1.29, 1.82) is 0 Å². The van der Waals surface area contributed by atoms with Crippen LogP contribution in [0.15, 0.2) is 41.3 Å². The van der Waals surface area contributed by atoms with E-state index in [-0.39, 0.29) is 10.5 Å². The Labute approximate surface area is 142 Å². The average molecular weight is 362 g/mol. The number of fused-ring (bicyclic) bond motifs is 1. The van der Waals surface area contributed by atoms with Crippen molar-refractivity contribution in [3.8, 4) is 0 Å². The van der Waals surface area contributed by atoms with Crippen LogP contribution in [-0.4, -0.2) is 24.5 Å². The van der Waals surface area contributed by atoms with Crippen LogP contribution in [0.25, 0.3) is 10.2 Å². The number of nitrogens with one attached hydrogen (secondary N) is 1. The second-order valence-electron chi connectivity index (χ2n) is 5.31. The monoisotopic (exact) mass is 362 g/mol. The van der Waals surface area contributed by atoms with Crippen LogP contribution in [0.3, 0.4) is 0 Å². The Bertz CT molecular complexity index is 1060. The Hall–Kier alpha value is -2.45. The Morgan fingerprint density at radius 1 is 1.17 bits per heavy atom. The summed E-state index contributed by atoms with van der Waals surface area (Å²) in [5.41, 5.74) is 1.62. The fraction of sp³-hybridized carbons (Fsp3) is 0.125. The van der Waals surface area contributed by atoms with Crippen molar-refractivity contribution < 1.29 is 18.3 Å². The minimum Gasteiger partial charge on any atom is -0.478 e. The van der Waals surface area contributed by atoms with Crippen LogP contribution < -0.4 is 4.72 Å². The minimum atomic E-state index is -3.89. The Morgan fingerprint density at radius 3 is 2.62 bits per heavy atom. The van der Waals surface area contributed by atoms with Gasteiger partial charge in [0.15, 0.2) is 0 Å². The highest BCUT2D eigenvalue weighted by Crippen LogP contribution is 2.27. The van der Waals surface area contributed by atoms with E-state index in [1.165, 1.54) is 23.5 Å².